The van der Waals surface area contributed by atoms with Crippen LogP contribution in [0.5, 0.6) is 5.75 Å². The van der Waals surface area contributed by atoms with Crippen molar-refractivity contribution >= 4 is 17.3 Å². The Bertz CT molecular complexity index is 660. The van der Waals surface area contributed by atoms with Gasteiger partial charge in [-0.25, -0.2) is 5.43 Å². The minimum absolute atomic E-state index is 0.125. The van der Waals surface area contributed by atoms with Crippen LogP contribution in [0.15, 0.2) is 45.9 Å². The first-order valence-corrected chi connectivity index (χ1v) is 6.86. The van der Waals surface area contributed by atoms with Gasteiger partial charge in [0.1, 0.15) is 23.0 Å². The van der Waals surface area contributed by atoms with Crippen LogP contribution in [0, 0.1) is 6.92 Å². The lowest BCUT2D eigenvalue weighted by atomic mass is 10.3. The molecule has 0 unspecified atom stereocenters. The molecular weight excluding hydrogens is 282 g/mol. The Morgan fingerprint density at radius 2 is 1.95 bits per heavy atom. The van der Waals surface area contributed by atoms with Crippen LogP contribution in [-0.4, -0.2) is 25.3 Å². The van der Waals surface area contributed by atoms with E-state index in [1.165, 1.54) is 0 Å². The zero-order valence-electron chi connectivity index (χ0n) is 12.8. The molecule has 0 aliphatic rings. The summed E-state index contributed by atoms with van der Waals surface area (Å²) in [6.07, 6.45) is 0. The molecule has 22 heavy (non-hydrogen) atoms. The minimum Gasteiger partial charge on any atom is -0.497 e. The van der Waals surface area contributed by atoms with Gasteiger partial charge in [0.2, 0.25) is 0 Å². The topological polar surface area (TPSA) is 75.9 Å². The van der Waals surface area contributed by atoms with E-state index >= 15 is 0 Å². The Balaban J connectivity index is 1.82. The van der Waals surface area contributed by atoms with Crippen molar-refractivity contribution in [1.29, 1.82) is 0 Å². The van der Waals surface area contributed by atoms with Gasteiger partial charge in [0.15, 0.2) is 0 Å². The maximum Gasteiger partial charge on any atom is 0.259 e. The first-order chi connectivity index (χ1) is 10.6. The third-order valence-corrected chi connectivity index (χ3v) is 2.99. The number of carbonyl (C=O) groups is 1. The molecule has 116 valence electrons. The fourth-order valence-corrected chi connectivity index (χ4v) is 1.76. The van der Waals surface area contributed by atoms with Crippen molar-refractivity contribution in [3.63, 3.8) is 0 Å². The Morgan fingerprint density at radius 1 is 1.23 bits per heavy atom. The highest BCUT2D eigenvalue weighted by Gasteiger charge is 2.04. The molecule has 2 aromatic rings. The number of methoxy groups -OCH3 is 1. The second kappa shape index (κ2) is 7.31. The van der Waals surface area contributed by atoms with Gasteiger partial charge in [-0.05, 0) is 50.2 Å². The molecule has 0 spiro atoms. The van der Waals surface area contributed by atoms with Gasteiger partial charge in [0.05, 0.1) is 13.7 Å². The Kier molecular flexibility index (Phi) is 5.19. The summed E-state index contributed by atoms with van der Waals surface area (Å²) in [6, 6.07) is 11.0. The van der Waals surface area contributed by atoms with E-state index in [2.05, 4.69) is 15.8 Å². The number of hydrogen-bond acceptors (Lipinski definition) is 5. The second-order valence-corrected chi connectivity index (χ2v) is 4.72. The molecule has 1 amide bonds. The Labute approximate surface area is 129 Å². The third-order valence-electron chi connectivity index (χ3n) is 2.99. The fraction of sp³-hybridized carbons (Fsp3) is 0.250. The van der Waals surface area contributed by atoms with E-state index in [9.17, 15) is 4.79 Å². The third kappa shape index (κ3) is 4.37. The van der Waals surface area contributed by atoms with Crippen molar-refractivity contribution in [2.24, 2.45) is 5.10 Å². The number of anilines is 1. The molecule has 0 atom stereocenters. The van der Waals surface area contributed by atoms with Crippen LogP contribution >= 0.6 is 0 Å². The van der Waals surface area contributed by atoms with Crippen molar-refractivity contribution in [2.75, 3.05) is 19.0 Å². The van der Waals surface area contributed by atoms with E-state index in [1.54, 1.807) is 14.0 Å². The molecule has 0 saturated heterocycles. The largest absolute Gasteiger partial charge is 0.497 e. The lowest BCUT2D eigenvalue weighted by Crippen LogP contribution is -2.26. The second-order valence-electron chi connectivity index (χ2n) is 4.72. The maximum absolute atomic E-state index is 11.7. The zero-order chi connectivity index (χ0) is 15.9. The van der Waals surface area contributed by atoms with Crippen molar-refractivity contribution in [1.82, 2.24) is 5.43 Å². The van der Waals surface area contributed by atoms with E-state index in [0.717, 1.165) is 17.2 Å². The van der Waals surface area contributed by atoms with Gasteiger partial charge in [0, 0.05) is 5.69 Å². The van der Waals surface area contributed by atoms with Crippen molar-refractivity contribution < 1.29 is 13.9 Å². The number of amides is 1. The summed E-state index contributed by atoms with van der Waals surface area (Å²) < 4.78 is 10.5. The van der Waals surface area contributed by atoms with E-state index < -0.39 is 0 Å². The predicted octanol–water partition coefficient (Wildman–Crippen LogP) is 2.55. The summed E-state index contributed by atoms with van der Waals surface area (Å²) in [5, 5.41) is 7.01. The summed E-state index contributed by atoms with van der Waals surface area (Å²) >= 11 is 0. The van der Waals surface area contributed by atoms with Gasteiger partial charge < -0.3 is 14.5 Å². The molecule has 6 nitrogen and oxygen atoms in total. The number of hydrazone groups is 1. The summed E-state index contributed by atoms with van der Waals surface area (Å²) in [5.74, 6) is 1.97. The van der Waals surface area contributed by atoms with E-state index in [1.807, 2.05) is 43.3 Å². The molecular formula is C16H19N3O3. The molecule has 1 aromatic carbocycles. The van der Waals surface area contributed by atoms with Gasteiger partial charge in [-0.2, -0.15) is 5.10 Å². The maximum atomic E-state index is 11.7. The summed E-state index contributed by atoms with van der Waals surface area (Å²) in [5.41, 5.74) is 3.93. The van der Waals surface area contributed by atoms with Gasteiger partial charge >= 0.3 is 0 Å². The van der Waals surface area contributed by atoms with Gasteiger partial charge in [-0.1, -0.05) is 0 Å². The van der Waals surface area contributed by atoms with Crippen LogP contribution in [0.1, 0.15) is 18.4 Å². The zero-order valence-corrected chi connectivity index (χ0v) is 12.8. The molecule has 1 aromatic heterocycles. The molecule has 2 N–H and O–H groups in total. The van der Waals surface area contributed by atoms with Crippen molar-refractivity contribution in [2.45, 2.75) is 13.8 Å². The number of nitrogens with zero attached hydrogens (tertiary/aromatic N) is 1. The molecule has 6 heteroatoms. The van der Waals surface area contributed by atoms with Crippen LogP contribution in [0.25, 0.3) is 0 Å². The molecule has 0 saturated carbocycles. The number of aryl methyl sites for hydroxylation is 1. The molecule has 0 aliphatic heterocycles. The van der Waals surface area contributed by atoms with E-state index in [4.69, 9.17) is 9.15 Å². The predicted molar refractivity (Wildman–Crippen MR) is 85.3 cm³/mol. The number of nitrogens with one attached hydrogen (secondary N) is 2. The number of furan rings is 1. The summed E-state index contributed by atoms with van der Waals surface area (Å²) in [4.78, 5) is 11.7. The summed E-state index contributed by atoms with van der Waals surface area (Å²) in [7, 11) is 1.61. The number of carbonyl (C=O) groups excluding carboxylic acids is 1. The SMILES string of the molecule is COc1ccc(NCC(=O)N/N=C(\C)c2ccc(C)o2)cc1. The molecule has 0 aliphatic carbocycles. The van der Waals surface area contributed by atoms with Crippen LogP contribution in [0.4, 0.5) is 5.69 Å². The van der Waals surface area contributed by atoms with Crippen LogP contribution in [0.3, 0.4) is 0 Å². The number of benzene rings is 1. The first-order valence-electron chi connectivity index (χ1n) is 6.86. The molecule has 2 rings (SSSR count). The lowest BCUT2D eigenvalue weighted by Gasteiger charge is -2.06. The fourth-order valence-electron chi connectivity index (χ4n) is 1.76. The molecule has 0 bridgehead atoms. The smallest absolute Gasteiger partial charge is 0.259 e. The Hall–Kier alpha value is -2.76. The lowest BCUT2D eigenvalue weighted by molar-refractivity contribution is -0.119. The quantitative estimate of drug-likeness (QED) is 0.635. The van der Waals surface area contributed by atoms with Crippen LogP contribution in [-0.2, 0) is 4.79 Å². The van der Waals surface area contributed by atoms with E-state index in [-0.39, 0.29) is 12.5 Å². The number of rotatable bonds is 6. The normalized spacial score (nSPS) is 11.1. The van der Waals surface area contributed by atoms with Gasteiger partial charge in [0.25, 0.3) is 5.91 Å². The Morgan fingerprint density at radius 3 is 2.55 bits per heavy atom. The standard InChI is InChI=1S/C16H19N3O3/c1-11-4-9-15(22-11)12(2)18-19-16(20)10-17-13-5-7-14(21-3)8-6-13/h4-9,17H,10H2,1-3H3,(H,19,20)/b18-12+. The number of hydrogen-bond donors (Lipinski definition) is 2. The highest BCUT2D eigenvalue weighted by Crippen LogP contribution is 2.14. The van der Waals surface area contributed by atoms with Gasteiger partial charge in [-0.3, -0.25) is 4.79 Å². The van der Waals surface area contributed by atoms with E-state index in [0.29, 0.717) is 11.5 Å². The highest BCUT2D eigenvalue weighted by molar-refractivity contribution is 5.97. The average molecular weight is 301 g/mol. The van der Waals surface area contributed by atoms with Gasteiger partial charge in [-0.15, -0.1) is 0 Å². The van der Waals surface area contributed by atoms with Crippen LogP contribution in [0.2, 0.25) is 0 Å². The van der Waals surface area contributed by atoms with Crippen LogP contribution < -0.4 is 15.5 Å². The molecule has 0 radical (unpaired) electrons. The molecule has 0 fully saturated rings. The minimum atomic E-state index is -0.238. The molecule has 1 heterocycles. The summed E-state index contributed by atoms with van der Waals surface area (Å²) in [6.45, 7) is 3.75. The first kappa shape index (κ1) is 15.6. The highest BCUT2D eigenvalue weighted by atomic mass is 16.5. The average Bonchev–Trinajstić information content (AvgIpc) is 2.97. The monoisotopic (exact) mass is 301 g/mol. The van der Waals surface area contributed by atoms with Crippen molar-refractivity contribution in [3.8, 4) is 5.75 Å². The van der Waals surface area contributed by atoms with Crippen molar-refractivity contribution in [3.05, 3.63) is 47.9 Å². The number of ether oxygens (including phenoxy) is 1.